The van der Waals surface area contributed by atoms with E-state index in [0.29, 0.717) is 19.1 Å². The standard InChI is InChI=1S/C21H30N2O5S/c1-20(2)15-6-7-21(3,13-15)19(20)22-18(25)14-4-5-16(24)17(12-14)29(26,27)23-8-10-28-11-9-23/h4-5,12,15,19,24H,6-11,13H2,1-3H3,(H,22,25)/t15-,19?,21?/m1/s1. The highest BCUT2D eigenvalue weighted by molar-refractivity contribution is 7.89. The number of nitrogens with one attached hydrogen (secondary N) is 1. The first-order chi connectivity index (χ1) is 13.6. The van der Waals surface area contributed by atoms with Gasteiger partial charge < -0.3 is 15.2 Å². The summed E-state index contributed by atoms with van der Waals surface area (Å²) in [7, 11) is -3.90. The molecule has 0 radical (unpaired) electrons. The number of rotatable bonds is 4. The lowest BCUT2D eigenvalue weighted by molar-refractivity contribution is 0.0728. The molecule has 1 saturated heterocycles. The molecule has 1 aliphatic heterocycles. The molecule has 3 fully saturated rings. The third-order valence-electron chi connectivity index (χ3n) is 7.36. The molecule has 0 aromatic heterocycles. The summed E-state index contributed by atoms with van der Waals surface area (Å²) in [6.45, 7) is 7.74. The fourth-order valence-corrected chi connectivity index (χ4v) is 7.18. The molecular weight excluding hydrogens is 392 g/mol. The van der Waals surface area contributed by atoms with Gasteiger partial charge in [0.2, 0.25) is 10.0 Å². The number of amides is 1. The maximum atomic E-state index is 13.1. The normalized spacial score (nSPS) is 31.7. The van der Waals surface area contributed by atoms with Crippen LogP contribution >= 0.6 is 0 Å². The molecule has 2 N–H and O–H groups in total. The van der Waals surface area contributed by atoms with E-state index in [-0.39, 0.29) is 52.1 Å². The monoisotopic (exact) mass is 422 g/mol. The van der Waals surface area contributed by atoms with Crippen molar-refractivity contribution < 1.29 is 23.1 Å². The molecule has 0 spiro atoms. The number of benzene rings is 1. The molecule has 1 aromatic carbocycles. The Morgan fingerprint density at radius 3 is 2.55 bits per heavy atom. The first-order valence-electron chi connectivity index (χ1n) is 10.3. The predicted molar refractivity (Wildman–Crippen MR) is 108 cm³/mol. The zero-order valence-electron chi connectivity index (χ0n) is 17.3. The minimum Gasteiger partial charge on any atom is -0.507 e. The van der Waals surface area contributed by atoms with Crippen LogP contribution in [0.25, 0.3) is 0 Å². The Bertz CT molecular complexity index is 918. The average molecular weight is 423 g/mol. The van der Waals surface area contributed by atoms with Crippen molar-refractivity contribution in [3.8, 4) is 5.75 Å². The minimum atomic E-state index is -3.90. The molecule has 3 aliphatic rings. The van der Waals surface area contributed by atoms with Crippen LogP contribution in [0.15, 0.2) is 23.1 Å². The number of phenols is 1. The Morgan fingerprint density at radius 2 is 1.93 bits per heavy atom. The second-order valence-corrected chi connectivity index (χ2v) is 11.4. The van der Waals surface area contributed by atoms with Gasteiger partial charge >= 0.3 is 0 Å². The highest BCUT2D eigenvalue weighted by Gasteiger charge is 2.59. The third kappa shape index (κ3) is 3.35. The number of nitrogens with zero attached hydrogens (tertiary/aromatic N) is 1. The lowest BCUT2D eigenvalue weighted by Gasteiger charge is -2.43. The fraction of sp³-hybridized carbons (Fsp3) is 0.667. The molecule has 2 saturated carbocycles. The van der Waals surface area contributed by atoms with Crippen molar-refractivity contribution in [2.24, 2.45) is 16.7 Å². The Morgan fingerprint density at radius 1 is 1.24 bits per heavy atom. The number of aromatic hydroxyl groups is 1. The fourth-order valence-electron chi connectivity index (χ4n) is 5.66. The maximum absolute atomic E-state index is 13.1. The topological polar surface area (TPSA) is 95.9 Å². The molecule has 1 amide bonds. The van der Waals surface area contributed by atoms with Gasteiger partial charge in [-0.15, -0.1) is 0 Å². The Labute approximate surface area is 172 Å². The first-order valence-corrected chi connectivity index (χ1v) is 11.7. The molecule has 160 valence electrons. The van der Waals surface area contributed by atoms with Gasteiger partial charge in [0.15, 0.2) is 0 Å². The van der Waals surface area contributed by atoms with Crippen LogP contribution in [0.5, 0.6) is 5.75 Å². The molecular formula is C21H30N2O5S. The average Bonchev–Trinajstić information content (AvgIpc) is 3.17. The number of morpholine rings is 1. The van der Waals surface area contributed by atoms with E-state index in [2.05, 4.69) is 26.1 Å². The second kappa shape index (κ2) is 6.96. The van der Waals surface area contributed by atoms with Crippen molar-refractivity contribution in [3.05, 3.63) is 23.8 Å². The Balaban J connectivity index is 1.60. The van der Waals surface area contributed by atoms with Crippen molar-refractivity contribution in [2.75, 3.05) is 26.3 Å². The number of ether oxygens (including phenoxy) is 1. The van der Waals surface area contributed by atoms with Gasteiger partial charge in [-0.2, -0.15) is 4.31 Å². The highest BCUT2D eigenvalue weighted by Crippen LogP contribution is 2.62. The minimum absolute atomic E-state index is 0.00227. The van der Waals surface area contributed by atoms with Gasteiger partial charge in [-0.1, -0.05) is 20.8 Å². The van der Waals surface area contributed by atoms with Gasteiger partial charge in [0.25, 0.3) is 5.91 Å². The maximum Gasteiger partial charge on any atom is 0.251 e. The number of carbonyl (C=O) groups excluding carboxylic acids is 1. The summed E-state index contributed by atoms with van der Waals surface area (Å²) in [6, 6.07) is 4.09. The number of carbonyl (C=O) groups is 1. The lowest BCUT2D eigenvalue weighted by Crippen LogP contribution is -2.52. The molecule has 7 nitrogen and oxygen atoms in total. The van der Waals surface area contributed by atoms with Crippen LogP contribution in [0.1, 0.15) is 50.4 Å². The van der Waals surface area contributed by atoms with Crippen LogP contribution < -0.4 is 5.32 Å². The van der Waals surface area contributed by atoms with Crippen LogP contribution in [0.4, 0.5) is 0 Å². The van der Waals surface area contributed by atoms with Crippen LogP contribution in [0.3, 0.4) is 0 Å². The van der Waals surface area contributed by atoms with Gasteiger partial charge in [-0.3, -0.25) is 4.79 Å². The molecule has 2 unspecified atom stereocenters. The van der Waals surface area contributed by atoms with E-state index in [4.69, 9.17) is 4.74 Å². The zero-order valence-corrected chi connectivity index (χ0v) is 18.1. The van der Waals surface area contributed by atoms with E-state index in [1.54, 1.807) is 0 Å². The first kappa shape index (κ1) is 20.6. The van der Waals surface area contributed by atoms with Crippen molar-refractivity contribution >= 4 is 15.9 Å². The van der Waals surface area contributed by atoms with E-state index < -0.39 is 10.0 Å². The van der Waals surface area contributed by atoms with Crippen molar-refractivity contribution in [3.63, 3.8) is 0 Å². The zero-order chi connectivity index (χ0) is 21.0. The van der Waals surface area contributed by atoms with Crippen LogP contribution in [-0.4, -0.2) is 56.1 Å². The van der Waals surface area contributed by atoms with E-state index in [1.807, 2.05) is 0 Å². The Hall–Kier alpha value is -1.64. The Kier molecular flexibility index (Phi) is 4.95. The summed E-state index contributed by atoms with van der Waals surface area (Å²) < 4.78 is 32.4. The number of fused-ring (bicyclic) bond motifs is 2. The van der Waals surface area contributed by atoms with Gasteiger partial charge in [-0.05, 0) is 54.2 Å². The van der Waals surface area contributed by atoms with Crippen molar-refractivity contribution in [2.45, 2.75) is 51.0 Å². The van der Waals surface area contributed by atoms with Crippen LogP contribution in [0, 0.1) is 16.7 Å². The van der Waals surface area contributed by atoms with Gasteiger partial charge in [0.05, 0.1) is 13.2 Å². The van der Waals surface area contributed by atoms with Crippen molar-refractivity contribution in [1.29, 1.82) is 0 Å². The summed E-state index contributed by atoms with van der Waals surface area (Å²) in [5.74, 6) is -0.0505. The molecule has 2 aliphatic carbocycles. The van der Waals surface area contributed by atoms with E-state index >= 15 is 0 Å². The van der Waals surface area contributed by atoms with Gasteiger partial charge in [-0.25, -0.2) is 8.42 Å². The molecule has 1 aromatic rings. The summed E-state index contributed by atoms with van der Waals surface area (Å²) >= 11 is 0. The SMILES string of the molecule is CC12CC[C@H](C1)C(C)(C)C2NC(=O)c1ccc(O)c(S(=O)(=O)N2CCOCC2)c1. The smallest absolute Gasteiger partial charge is 0.251 e. The molecule has 3 atom stereocenters. The highest BCUT2D eigenvalue weighted by atomic mass is 32.2. The van der Waals surface area contributed by atoms with E-state index in [9.17, 15) is 18.3 Å². The number of hydrogen-bond donors (Lipinski definition) is 2. The molecule has 1 heterocycles. The molecule has 8 heteroatoms. The van der Waals surface area contributed by atoms with Crippen LogP contribution in [0.2, 0.25) is 0 Å². The molecule has 2 bridgehead atoms. The van der Waals surface area contributed by atoms with Gasteiger partial charge in [0, 0.05) is 24.7 Å². The summed E-state index contributed by atoms with van der Waals surface area (Å²) in [4.78, 5) is 12.8. The largest absolute Gasteiger partial charge is 0.507 e. The molecule has 4 rings (SSSR count). The van der Waals surface area contributed by atoms with Crippen LogP contribution in [-0.2, 0) is 14.8 Å². The summed E-state index contributed by atoms with van der Waals surface area (Å²) in [5.41, 5.74) is 0.322. The number of phenolic OH excluding ortho intramolecular Hbond substituents is 1. The summed E-state index contributed by atoms with van der Waals surface area (Å²) in [6.07, 6.45) is 3.40. The quantitative estimate of drug-likeness (QED) is 0.777. The number of hydrogen-bond acceptors (Lipinski definition) is 5. The second-order valence-electron chi connectivity index (χ2n) is 9.52. The lowest BCUT2D eigenvalue weighted by atomic mass is 9.68. The van der Waals surface area contributed by atoms with Gasteiger partial charge in [0.1, 0.15) is 10.6 Å². The van der Waals surface area contributed by atoms with E-state index in [1.165, 1.54) is 28.9 Å². The predicted octanol–water partition coefficient (Wildman–Crippen LogP) is 2.36. The molecule has 29 heavy (non-hydrogen) atoms. The summed E-state index contributed by atoms with van der Waals surface area (Å²) in [5, 5.41) is 13.4. The third-order valence-corrected chi connectivity index (χ3v) is 9.28. The van der Waals surface area contributed by atoms with E-state index in [0.717, 1.165) is 12.8 Å². The number of sulfonamides is 1. The van der Waals surface area contributed by atoms with Crippen molar-refractivity contribution in [1.82, 2.24) is 9.62 Å².